The Balaban J connectivity index is 1.78. The number of amides is 2. The number of hydrogen-bond acceptors (Lipinski definition) is 4. The first-order chi connectivity index (χ1) is 9.69. The van der Waals surface area contributed by atoms with Crippen LogP contribution in [0, 0.1) is 0 Å². The zero-order valence-corrected chi connectivity index (χ0v) is 11.3. The molecule has 2 rings (SSSR count). The van der Waals surface area contributed by atoms with E-state index in [2.05, 4.69) is 10.6 Å². The average molecular weight is 278 g/mol. The summed E-state index contributed by atoms with van der Waals surface area (Å²) in [4.78, 5) is 23.3. The van der Waals surface area contributed by atoms with Crippen molar-refractivity contribution in [3.63, 3.8) is 0 Å². The van der Waals surface area contributed by atoms with E-state index in [0.29, 0.717) is 18.0 Å². The summed E-state index contributed by atoms with van der Waals surface area (Å²) in [6.07, 6.45) is 1.94. The third-order valence-corrected chi connectivity index (χ3v) is 3.07. The van der Waals surface area contributed by atoms with Crippen molar-refractivity contribution in [2.24, 2.45) is 0 Å². The van der Waals surface area contributed by atoms with Gasteiger partial charge in [0.2, 0.25) is 0 Å². The first-order valence-electron chi connectivity index (χ1n) is 6.54. The first-order valence-corrected chi connectivity index (χ1v) is 6.54. The Hall–Kier alpha value is -2.08. The second kappa shape index (κ2) is 6.91. The molecular weight excluding hydrogens is 260 g/mol. The highest BCUT2D eigenvalue weighted by molar-refractivity contribution is 6.39. The van der Waals surface area contributed by atoms with Crippen molar-refractivity contribution in [2.75, 3.05) is 25.6 Å². The summed E-state index contributed by atoms with van der Waals surface area (Å²) in [5.41, 5.74) is 0.545. The largest absolute Gasteiger partial charge is 0.497 e. The molecule has 2 amide bonds. The molecule has 0 spiro atoms. The molecule has 6 heteroatoms. The highest BCUT2D eigenvalue weighted by atomic mass is 16.5. The van der Waals surface area contributed by atoms with Gasteiger partial charge >= 0.3 is 11.8 Å². The van der Waals surface area contributed by atoms with Gasteiger partial charge in [-0.15, -0.1) is 0 Å². The molecule has 108 valence electrons. The van der Waals surface area contributed by atoms with Gasteiger partial charge in [-0.25, -0.2) is 0 Å². The van der Waals surface area contributed by atoms with Gasteiger partial charge in [0.15, 0.2) is 0 Å². The second-order valence-corrected chi connectivity index (χ2v) is 4.53. The fourth-order valence-electron chi connectivity index (χ4n) is 1.95. The number of carbonyl (C=O) groups is 2. The molecule has 0 bridgehead atoms. The Kier molecular flexibility index (Phi) is 4.95. The molecule has 2 N–H and O–H groups in total. The van der Waals surface area contributed by atoms with Gasteiger partial charge in [0.25, 0.3) is 0 Å². The van der Waals surface area contributed by atoms with Gasteiger partial charge in [0, 0.05) is 18.8 Å². The molecule has 0 radical (unpaired) electrons. The van der Waals surface area contributed by atoms with E-state index in [1.165, 1.54) is 0 Å². The van der Waals surface area contributed by atoms with Gasteiger partial charge in [-0.1, -0.05) is 0 Å². The fraction of sp³-hybridized carbons (Fsp3) is 0.429. The Morgan fingerprint density at radius 2 is 2.05 bits per heavy atom. The number of rotatable bonds is 4. The standard InChI is InChI=1S/C14H18N2O4/c1-19-11-6-4-10(5-7-11)16-14(18)13(17)15-9-12-3-2-8-20-12/h4-7,12H,2-3,8-9H2,1H3,(H,15,17)(H,16,18)/t12-/m1/s1. The lowest BCUT2D eigenvalue weighted by molar-refractivity contribution is -0.136. The zero-order valence-electron chi connectivity index (χ0n) is 11.3. The average Bonchev–Trinajstić information content (AvgIpc) is 2.98. The Morgan fingerprint density at radius 3 is 2.65 bits per heavy atom. The summed E-state index contributed by atoms with van der Waals surface area (Å²) >= 11 is 0. The van der Waals surface area contributed by atoms with Crippen LogP contribution in [-0.2, 0) is 14.3 Å². The van der Waals surface area contributed by atoms with E-state index >= 15 is 0 Å². The number of benzene rings is 1. The minimum Gasteiger partial charge on any atom is -0.497 e. The third kappa shape index (κ3) is 3.96. The molecule has 0 aliphatic carbocycles. The highest BCUT2D eigenvalue weighted by Crippen LogP contribution is 2.15. The van der Waals surface area contributed by atoms with E-state index < -0.39 is 11.8 Å². The molecule has 1 heterocycles. The fourth-order valence-corrected chi connectivity index (χ4v) is 1.95. The number of hydrogen-bond donors (Lipinski definition) is 2. The van der Waals surface area contributed by atoms with Crippen molar-refractivity contribution in [2.45, 2.75) is 18.9 Å². The Morgan fingerprint density at radius 1 is 1.30 bits per heavy atom. The van der Waals surface area contributed by atoms with Crippen molar-refractivity contribution in [3.8, 4) is 5.75 Å². The molecule has 1 fully saturated rings. The number of carbonyl (C=O) groups excluding carboxylic acids is 2. The van der Waals surface area contributed by atoms with E-state index in [-0.39, 0.29) is 6.10 Å². The summed E-state index contributed by atoms with van der Waals surface area (Å²) in [6.45, 7) is 1.09. The molecule has 1 aliphatic rings. The number of methoxy groups -OCH3 is 1. The van der Waals surface area contributed by atoms with E-state index in [0.717, 1.165) is 19.4 Å². The van der Waals surface area contributed by atoms with Crippen LogP contribution in [0.5, 0.6) is 5.75 Å². The summed E-state index contributed by atoms with van der Waals surface area (Å²) in [6, 6.07) is 6.76. The van der Waals surface area contributed by atoms with Crippen LogP contribution >= 0.6 is 0 Å². The van der Waals surface area contributed by atoms with Crippen molar-refractivity contribution in [1.29, 1.82) is 0 Å². The van der Waals surface area contributed by atoms with Crippen LogP contribution in [-0.4, -0.2) is 38.2 Å². The quantitative estimate of drug-likeness (QED) is 0.803. The maximum atomic E-state index is 11.7. The summed E-state index contributed by atoms with van der Waals surface area (Å²) in [5, 5.41) is 5.09. The molecule has 6 nitrogen and oxygen atoms in total. The molecule has 0 unspecified atom stereocenters. The third-order valence-electron chi connectivity index (χ3n) is 3.07. The molecule has 20 heavy (non-hydrogen) atoms. The molecule has 1 aromatic rings. The van der Waals surface area contributed by atoms with Crippen LogP contribution in [0.4, 0.5) is 5.69 Å². The number of nitrogens with one attached hydrogen (secondary N) is 2. The van der Waals surface area contributed by atoms with Crippen LogP contribution in [0.2, 0.25) is 0 Å². The van der Waals surface area contributed by atoms with Crippen molar-refractivity contribution < 1.29 is 19.1 Å². The van der Waals surface area contributed by atoms with E-state index in [1.807, 2.05) is 0 Å². The molecule has 0 saturated carbocycles. The van der Waals surface area contributed by atoms with Gasteiger partial charge in [0.05, 0.1) is 13.2 Å². The lowest BCUT2D eigenvalue weighted by Crippen LogP contribution is -2.39. The molecule has 1 saturated heterocycles. The molecule has 1 aliphatic heterocycles. The predicted octanol–water partition coefficient (Wildman–Crippen LogP) is 0.929. The van der Waals surface area contributed by atoms with Crippen LogP contribution in [0.25, 0.3) is 0 Å². The van der Waals surface area contributed by atoms with Gasteiger partial charge in [-0.2, -0.15) is 0 Å². The Labute approximate surface area is 117 Å². The Bertz CT molecular complexity index is 467. The maximum absolute atomic E-state index is 11.7. The number of ether oxygens (including phenoxy) is 2. The minimum atomic E-state index is -0.687. The monoisotopic (exact) mass is 278 g/mol. The van der Waals surface area contributed by atoms with Crippen LogP contribution < -0.4 is 15.4 Å². The second-order valence-electron chi connectivity index (χ2n) is 4.53. The van der Waals surface area contributed by atoms with Gasteiger partial charge in [0.1, 0.15) is 5.75 Å². The van der Waals surface area contributed by atoms with Crippen LogP contribution in [0.3, 0.4) is 0 Å². The smallest absolute Gasteiger partial charge is 0.313 e. The van der Waals surface area contributed by atoms with Crippen LogP contribution in [0.1, 0.15) is 12.8 Å². The van der Waals surface area contributed by atoms with Crippen molar-refractivity contribution >= 4 is 17.5 Å². The topological polar surface area (TPSA) is 76.7 Å². The van der Waals surface area contributed by atoms with E-state index in [4.69, 9.17) is 9.47 Å². The SMILES string of the molecule is COc1ccc(NC(=O)C(=O)NC[C@H]2CCCO2)cc1. The summed E-state index contributed by atoms with van der Waals surface area (Å²) < 4.78 is 10.4. The van der Waals surface area contributed by atoms with E-state index in [9.17, 15) is 9.59 Å². The lowest BCUT2D eigenvalue weighted by atomic mass is 10.2. The molecule has 1 atom stereocenters. The van der Waals surface area contributed by atoms with Crippen molar-refractivity contribution in [1.82, 2.24) is 5.32 Å². The molecular formula is C14H18N2O4. The molecule has 1 aromatic carbocycles. The minimum absolute atomic E-state index is 0.0211. The van der Waals surface area contributed by atoms with E-state index in [1.54, 1.807) is 31.4 Å². The maximum Gasteiger partial charge on any atom is 0.313 e. The van der Waals surface area contributed by atoms with Gasteiger partial charge in [-0.05, 0) is 37.1 Å². The van der Waals surface area contributed by atoms with Crippen molar-refractivity contribution in [3.05, 3.63) is 24.3 Å². The summed E-state index contributed by atoms with van der Waals surface area (Å²) in [5.74, 6) is -0.657. The van der Waals surface area contributed by atoms with Crippen LogP contribution in [0.15, 0.2) is 24.3 Å². The highest BCUT2D eigenvalue weighted by Gasteiger charge is 2.19. The van der Waals surface area contributed by atoms with Gasteiger partial charge in [-0.3, -0.25) is 9.59 Å². The predicted molar refractivity (Wildman–Crippen MR) is 73.6 cm³/mol. The zero-order chi connectivity index (χ0) is 14.4. The normalized spacial score (nSPS) is 17.6. The van der Waals surface area contributed by atoms with Gasteiger partial charge < -0.3 is 20.1 Å². The number of anilines is 1. The lowest BCUT2D eigenvalue weighted by Gasteiger charge is -2.10. The summed E-state index contributed by atoms with van der Waals surface area (Å²) in [7, 11) is 1.56. The molecule has 0 aromatic heterocycles. The first kappa shape index (κ1) is 14.3.